The van der Waals surface area contributed by atoms with Crippen molar-refractivity contribution in [1.82, 2.24) is 20.3 Å². The summed E-state index contributed by atoms with van der Waals surface area (Å²) < 4.78 is 0. The van der Waals surface area contributed by atoms with Crippen molar-refractivity contribution in [1.29, 1.82) is 5.26 Å². The van der Waals surface area contributed by atoms with Gasteiger partial charge in [0.05, 0.1) is 22.6 Å². The molecule has 34 heavy (non-hydrogen) atoms. The smallest absolute Gasteiger partial charge is 0.227 e. The lowest BCUT2D eigenvalue weighted by Crippen LogP contribution is -2.44. The van der Waals surface area contributed by atoms with Gasteiger partial charge in [0, 0.05) is 43.6 Å². The van der Waals surface area contributed by atoms with Crippen molar-refractivity contribution in [2.45, 2.75) is 6.92 Å². The fourth-order valence-corrected chi connectivity index (χ4v) is 4.13. The van der Waals surface area contributed by atoms with Gasteiger partial charge in [-0.1, -0.05) is 6.07 Å². The van der Waals surface area contributed by atoms with E-state index in [-0.39, 0.29) is 0 Å². The highest BCUT2D eigenvalue weighted by Crippen LogP contribution is 2.28. The SMILES string of the molecule is CC1=NCN(c2ccc(Nc3nccc(-c4ccc(N5CCN(C)CC5)c(C#N)c4)n3)cc2)N1. The van der Waals surface area contributed by atoms with Gasteiger partial charge in [0.25, 0.3) is 0 Å². The number of nitriles is 1. The molecule has 2 aliphatic heterocycles. The second kappa shape index (κ2) is 9.37. The number of nitrogens with zero attached hydrogens (tertiary/aromatic N) is 7. The summed E-state index contributed by atoms with van der Waals surface area (Å²) in [6.45, 7) is 6.38. The van der Waals surface area contributed by atoms with Crippen LogP contribution in [0.1, 0.15) is 12.5 Å². The molecule has 0 atom stereocenters. The van der Waals surface area contributed by atoms with Crippen LogP contribution in [0.3, 0.4) is 0 Å². The predicted octanol–water partition coefficient (Wildman–Crippen LogP) is 3.21. The lowest BCUT2D eigenvalue weighted by molar-refractivity contribution is 0.313. The fraction of sp³-hybridized carbons (Fsp3) is 0.280. The molecule has 0 unspecified atom stereocenters. The Kier molecular flexibility index (Phi) is 5.97. The summed E-state index contributed by atoms with van der Waals surface area (Å²) in [7, 11) is 2.13. The first-order valence-corrected chi connectivity index (χ1v) is 11.3. The molecule has 2 N–H and O–H groups in total. The van der Waals surface area contributed by atoms with Crippen LogP contribution in [0, 0.1) is 11.3 Å². The molecule has 1 fully saturated rings. The van der Waals surface area contributed by atoms with Gasteiger partial charge >= 0.3 is 0 Å². The molecule has 2 aliphatic rings. The molecular weight excluding hydrogens is 426 g/mol. The lowest BCUT2D eigenvalue weighted by atomic mass is 10.1. The van der Waals surface area contributed by atoms with E-state index in [0.717, 1.165) is 60.3 Å². The van der Waals surface area contributed by atoms with E-state index in [1.54, 1.807) is 6.20 Å². The van der Waals surface area contributed by atoms with Crippen LogP contribution in [0.4, 0.5) is 23.0 Å². The molecular formula is C25H27N9. The number of aromatic nitrogens is 2. The number of amidine groups is 1. The van der Waals surface area contributed by atoms with Gasteiger partial charge in [0.1, 0.15) is 18.6 Å². The van der Waals surface area contributed by atoms with Crippen molar-refractivity contribution >= 4 is 28.8 Å². The number of benzene rings is 2. The molecule has 3 heterocycles. The number of hydrogen-bond acceptors (Lipinski definition) is 9. The van der Waals surface area contributed by atoms with Crippen LogP contribution in [0.25, 0.3) is 11.3 Å². The third kappa shape index (κ3) is 4.63. The predicted molar refractivity (Wildman–Crippen MR) is 135 cm³/mol. The highest BCUT2D eigenvalue weighted by molar-refractivity contribution is 5.83. The number of piperazine rings is 1. The third-order valence-electron chi connectivity index (χ3n) is 6.09. The molecule has 0 spiro atoms. The van der Waals surface area contributed by atoms with E-state index in [0.29, 0.717) is 18.2 Å². The number of rotatable bonds is 5. The summed E-state index contributed by atoms with van der Waals surface area (Å²) in [5.74, 6) is 1.41. The van der Waals surface area contributed by atoms with Crippen LogP contribution in [0.2, 0.25) is 0 Å². The normalized spacial score (nSPS) is 16.1. The van der Waals surface area contributed by atoms with Crippen molar-refractivity contribution < 1.29 is 0 Å². The Labute approximate surface area is 199 Å². The first kappa shape index (κ1) is 21.7. The van der Waals surface area contributed by atoms with Gasteiger partial charge in [0.15, 0.2) is 0 Å². The minimum absolute atomic E-state index is 0.505. The molecule has 9 heteroatoms. The largest absolute Gasteiger partial charge is 0.368 e. The molecule has 0 amide bonds. The topological polar surface area (TPSA) is 95.7 Å². The van der Waals surface area contributed by atoms with Gasteiger partial charge in [-0.2, -0.15) is 5.26 Å². The second-order valence-electron chi connectivity index (χ2n) is 8.50. The molecule has 2 aromatic carbocycles. The van der Waals surface area contributed by atoms with E-state index in [2.05, 4.69) is 48.6 Å². The van der Waals surface area contributed by atoms with E-state index in [4.69, 9.17) is 0 Å². The highest BCUT2D eigenvalue weighted by atomic mass is 15.6. The zero-order valence-corrected chi connectivity index (χ0v) is 19.4. The Morgan fingerprint density at radius 3 is 2.53 bits per heavy atom. The van der Waals surface area contributed by atoms with Gasteiger partial charge in [-0.15, -0.1) is 0 Å². The molecule has 0 bridgehead atoms. The molecule has 5 rings (SSSR count). The zero-order valence-electron chi connectivity index (χ0n) is 19.4. The molecule has 0 aliphatic carbocycles. The fourth-order valence-electron chi connectivity index (χ4n) is 4.13. The zero-order chi connectivity index (χ0) is 23.5. The van der Waals surface area contributed by atoms with E-state index in [9.17, 15) is 5.26 Å². The van der Waals surface area contributed by atoms with Crippen LogP contribution >= 0.6 is 0 Å². The number of nitrogens with one attached hydrogen (secondary N) is 2. The maximum absolute atomic E-state index is 9.79. The first-order chi connectivity index (χ1) is 16.6. The van der Waals surface area contributed by atoms with Gasteiger partial charge < -0.3 is 15.1 Å². The Morgan fingerprint density at radius 1 is 1.03 bits per heavy atom. The summed E-state index contributed by atoms with van der Waals surface area (Å²) >= 11 is 0. The number of hydrogen-bond donors (Lipinski definition) is 2. The number of hydrazine groups is 1. The van der Waals surface area contributed by atoms with E-state index < -0.39 is 0 Å². The van der Waals surface area contributed by atoms with Crippen LogP contribution in [-0.4, -0.2) is 60.6 Å². The monoisotopic (exact) mass is 453 g/mol. The highest BCUT2D eigenvalue weighted by Gasteiger charge is 2.18. The van der Waals surface area contributed by atoms with E-state index >= 15 is 0 Å². The van der Waals surface area contributed by atoms with Crippen LogP contribution in [0.5, 0.6) is 0 Å². The summed E-state index contributed by atoms with van der Waals surface area (Å²) in [5.41, 5.74) is 8.45. The molecule has 0 saturated carbocycles. The summed E-state index contributed by atoms with van der Waals surface area (Å²) in [6, 6.07) is 18.2. The quantitative estimate of drug-likeness (QED) is 0.608. The van der Waals surface area contributed by atoms with Gasteiger partial charge in [-0.3, -0.25) is 10.4 Å². The van der Waals surface area contributed by atoms with Crippen molar-refractivity contribution in [3.8, 4) is 17.3 Å². The minimum atomic E-state index is 0.505. The minimum Gasteiger partial charge on any atom is -0.368 e. The number of likely N-dealkylation sites (N-methyl/N-ethyl adjacent to an activating group) is 1. The maximum Gasteiger partial charge on any atom is 0.227 e. The van der Waals surface area contributed by atoms with E-state index in [1.807, 2.05) is 60.5 Å². The van der Waals surface area contributed by atoms with Crippen LogP contribution < -0.4 is 20.7 Å². The summed E-state index contributed by atoms with van der Waals surface area (Å²) in [4.78, 5) is 18.0. The van der Waals surface area contributed by atoms with Gasteiger partial charge in [-0.25, -0.2) is 15.0 Å². The first-order valence-electron chi connectivity index (χ1n) is 11.3. The second-order valence-corrected chi connectivity index (χ2v) is 8.50. The van der Waals surface area contributed by atoms with Gasteiger partial charge in [0.2, 0.25) is 5.95 Å². The molecule has 9 nitrogen and oxygen atoms in total. The standard InChI is InChI=1S/C25H27N9/c1-18-28-17-34(31-18)22-6-4-21(5-7-22)29-25-27-10-9-23(30-25)19-3-8-24(20(15-19)16-26)33-13-11-32(2)12-14-33/h3-10,15H,11-14,17H2,1-2H3,(H,28,31)(H,27,29,30). The van der Waals surface area contributed by atoms with Crippen molar-refractivity contribution in [3.63, 3.8) is 0 Å². The van der Waals surface area contributed by atoms with Gasteiger partial charge in [-0.05, 0) is 56.4 Å². The Hall–Kier alpha value is -4.16. The van der Waals surface area contributed by atoms with Crippen LogP contribution in [-0.2, 0) is 0 Å². The Balaban J connectivity index is 1.31. The maximum atomic E-state index is 9.79. The molecule has 1 aromatic heterocycles. The Morgan fingerprint density at radius 2 is 1.82 bits per heavy atom. The summed E-state index contributed by atoms with van der Waals surface area (Å²) in [5, 5.41) is 15.0. The number of anilines is 4. The van der Waals surface area contributed by atoms with Crippen LogP contribution in [0.15, 0.2) is 59.7 Å². The average Bonchev–Trinajstić information content (AvgIpc) is 3.31. The van der Waals surface area contributed by atoms with Crippen molar-refractivity contribution in [3.05, 3.63) is 60.3 Å². The molecule has 1 saturated heterocycles. The average molecular weight is 454 g/mol. The number of aliphatic imine (C=N–C) groups is 1. The molecule has 0 radical (unpaired) electrons. The molecule has 3 aromatic rings. The third-order valence-corrected chi connectivity index (χ3v) is 6.09. The lowest BCUT2D eigenvalue weighted by Gasteiger charge is -2.34. The van der Waals surface area contributed by atoms with E-state index in [1.165, 1.54) is 0 Å². The molecule has 172 valence electrons. The summed E-state index contributed by atoms with van der Waals surface area (Å²) in [6.07, 6.45) is 1.73. The Bertz CT molecular complexity index is 1240. The van der Waals surface area contributed by atoms with Crippen molar-refractivity contribution in [2.24, 2.45) is 4.99 Å². The van der Waals surface area contributed by atoms with Crippen molar-refractivity contribution in [2.75, 3.05) is 55.1 Å².